The summed E-state index contributed by atoms with van der Waals surface area (Å²) in [6.07, 6.45) is 1.90. The Bertz CT molecular complexity index is 440. The second kappa shape index (κ2) is 6.26. The van der Waals surface area contributed by atoms with E-state index in [0.29, 0.717) is 11.6 Å². The van der Waals surface area contributed by atoms with Crippen LogP contribution in [-0.2, 0) is 0 Å². The van der Waals surface area contributed by atoms with Crippen LogP contribution in [0.3, 0.4) is 0 Å². The van der Waals surface area contributed by atoms with Crippen molar-refractivity contribution >= 4 is 35.1 Å². The van der Waals surface area contributed by atoms with Crippen molar-refractivity contribution in [2.75, 3.05) is 23.9 Å². The summed E-state index contributed by atoms with van der Waals surface area (Å²) in [6, 6.07) is 2.65. The molecular weight excluding hydrogens is 276 g/mol. The summed E-state index contributed by atoms with van der Waals surface area (Å²) in [5.41, 5.74) is -0.839. The van der Waals surface area contributed by atoms with E-state index in [9.17, 15) is 9.90 Å². The highest BCUT2D eigenvalue weighted by molar-refractivity contribution is 7.98. The molecule has 1 rings (SSSR count). The minimum Gasteiger partial charge on any atom is -0.478 e. The van der Waals surface area contributed by atoms with Gasteiger partial charge in [0.15, 0.2) is 0 Å². The number of halogens is 1. The van der Waals surface area contributed by atoms with Crippen LogP contribution in [0.2, 0.25) is 5.15 Å². The van der Waals surface area contributed by atoms with Crippen LogP contribution < -0.4 is 5.32 Å². The summed E-state index contributed by atoms with van der Waals surface area (Å²) in [7, 11) is 0. The summed E-state index contributed by atoms with van der Waals surface area (Å²) in [6.45, 7) is 1.96. The van der Waals surface area contributed by atoms with Crippen molar-refractivity contribution in [2.24, 2.45) is 0 Å². The fourth-order valence-corrected chi connectivity index (χ4v) is 2.29. The van der Waals surface area contributed by atoms with Gasteiger partial charge in [0.25, 0.3) is 0 Å². The average molecular weight is 291 g/mol. The lowest BCUT2D eigenvalue weighted by Gasteiger charge is -2.22. The van der Waals surface area contributed by atoms with E-state index in [4.69, 9.17) is 16.7 Å². The molecule has 18 heavy (non-hydrogen) atoms. The number of hydrogen-bond acceptors (Lipinski definition) is 5. The molecule has 0 radical (unpaired) electrons. The van der Waals surface area contributed by atoms with Crippen LogP contribution in [0.15, 0.2) is 12.1 Å². The highest BCUT2D eigenvalue weighted by atomic mass is 35.5. The molecule has 0 saturated heterocycles. The van der Waals surface area contributed by atoms with Crippen molar-refractivity contribution in [1.29, 1.82) is 0 Å². The number of nitrogens with zero attached hydrogens (tertiary/aromatic N) is 1. The van der Waals surface area contributed by atoms with E-state index in [1.165, 1.54) is 23.9 Å². The van der Waals surface area contributed by atoms with Crippen molar-refractivity contribution in [1.82, 2.24) is 4.98 Å². The molecular formula is C11H15ClN2O3S. The summed E-state index contributed by atoms with van der Waals surface area (Å²) in [5, 5.41) is 21.8. The number of pyridine rings is 1. The normalized spacial score (nSPS) is 14.0. The monoisotopic (exact) mass is 290 g/mol. The van der Waals surface area contributed by atoms with Crippen molar-refractivity contribution in [3.8, 4) is 0 Å². The van der Waals surface area contributed by atoms with E-state index in [1.54, 1.807) is 6.92 Å². The molecule has 0 aliphatic carbocycles. The molecule has 0 bridgehead atoms. The van der Waals surface area contributed by atoms with E-state index < -0.39 is 11.6 Å². The zero-order valence-corrected chi connectivity index (χ0v) is 11.7. The summed E-state index contributed by atoms with van der Waals surface area (Å²) in [5.74, 6) is -0.175. The second-order valence-corrected chi connectivity index (χ2v) is 5.41. The van der Waals surface area contributed by atoms with E-state index in [2.05, 4.69) is 10.3 Å². The summed E-state index contributed by atoms with van der Waals surface area (Å²) in [4.78, 5) is 14.8. The highest BCUT2D eigenvalue weighted by Gasteiger charge is 2.19. The van der Waals surface area contributed by atoms with Crippen LogP contribution >= 0.6 is 23.4 Å². The third-order valence-electron chi connectivity index (χ3n) is 2.15. The lowest BCUT2D eigenvalue weighted by Crippen LogP contribution is -2.36. The molecule has 1 aromatic heterocycles. The standard InChI is InChI=1S/C11H15ClN2O3S/c1-11(17,6-18-2)5-13-9-4-7(10(15)16)3-8(12)14-9/h3-4,17H,5-6H2,1-2H3,(H,13,14)(H,15,16). The fourth-order valence-electron chi connectivity index (χ4n) is 1.35. The van der Waals surface area contributed by atoms with Gasteiger partial charge in [-0.05, 0) is 25.3 Å². The SMILES string of the molecule is CSCC(C)(O)CNc1cc(C(=O)O)cc(Cl)n1. The first-order valence-electron chi connectivity index (χ1n) is 5.20. The fraction of sp³-hybridized carbons (Fsp3) is 0.455. The Morgan fingerprint density at radius 2 is 2.28 bits per heavy atom. The van der Waals surface area contributed by atoms with Gasteiger partial charge in [0.1, 0.15) is 11.0 Å². The quantitative estimate of drug-likeness (QED) is 0.695. The minimum absolute atomic E-state index is 0.0574. The van der Waals surface area contributed by atoms with Gasteiger partial charge in [0, 0.05) is 12.3 Å². The van der Waals surface area contributed by atoms with Crippen LogP contribution in [0.1, 0.15) is 17.3 Å². The van der Waals surface area contributed by atoms with Crippen LogP contribution in [0.4, 0.5) is 5.82 Å². The number of carboxylic acids is 1. The van der Waals surface area contributed by atoms with Gasteiger partial charge in [0.05, 0.1) is 11.2 Å². The topological polar surface area (TPSA) is 82.5 Å². The summed E-state index contributed by atoms with van der Waals surface area (Å²) >= 11 is 7.25. The van der Waals surface area contributed by atoms with Crippen molar-refractivity contribution in [2.45, 2.75) is 12.5 Å². The number of rotatable bonds is 6. The largest absolute Gasteiger partial charge is 0.478 e. The van der Waals surface area contributed by atoms with E-state index >= 15 is 0 Å². The van der Waals surface area contributed by atoms with E-state index in [1.807, 2.05) is 6.26 Å². The number of aliphatic hydroxyl groups is 1. The molecule has 0 aromatic carbocycles. The maximum atomic E-state index is 10.8. The van der Waals surface area contributed by atoms with Crippen molar-refractivity contribution < 1.29 is 15.0 Å². The maximum absolute atomic E-state index is 10.8. The number of aromatic nitrogens is 1. The van der Waals surface area contributed by atoms with Gasteiger partial charge in [-0.1, -0.05) is 11.6 Å². The zero-order chi connectivity index (χ0) is 13.8. The molecule has 7 heteroatoms. The first kappa shape index (κ1) is 15.1. The first-order chi connectivity index (χ1) is 8.34. The number of hydrogen-bond donors (Lipinski definition) is 3. The molecule has 0 aliphatic heterocycles. The van der Waals surface area contributed by atoms with Gasteiger partial charge >= 0.3 is 5.97 Å². The predicted octanol–water partition coefficient (Wildman–Crippen LogP) is 1.96. The van der Waals surface area contributed by atoms with Gasteiger partial charge in [0.2, 0.25) is 0 Å². The minimum atomic E-state index is -1.07. The van der Waals surface area contributed by atoms with Gasteiger partial charge in [-0.25, -0.2) is 9.78 Å². The third-order valence-corrected chi connectivity index (χ3v) is 3.25. The Kier molecular flexibility index (Phi) is 5.25. The molecule has 0 spiro atoms. The van der Waals surface area contributed by atoms with Crippen LogP contribution in [0.5, 0.6) is 0 Å². The van der Waals surface area contributed by atoms with E-state index in [-0.39, 0.29) is 17.3 Å². The maximum Gasteiger partial charge on any atom is 0.335 e. The Morgan fingerprint density at radius 1 is 1.61 bits per heavy atom. The lowest BCUT2D eigenvalue weighted by atomic mass is 10.1. The molecule has 3 N–H and O–H groups in total. The number of nitrogens with one attached hydrogen (secondary N) is 1. The number of carbonyl (C=O) groups is 1. The number of aromatic carboxylic acids is 1. The van der Waals surface area contributed by atoms with Gasteiger partial charge in [-0.2, -0.15) is 11.8 Å². The number of anilines is 1. The summed E-state index contributed by atoms with van der Waals surface area (Å²) < 4.78 is 0. The van der Waals surface area contributed by atoms with Gasteiger partial charge < -0.3 is 15.5 Å². The molecule has 1 aromatic rings. The number of carboxylic acid groups (broad SMARTS) is 1. The molecule has 0 fully saturated rings. The molecule has 0 aliphatic rings. The Balaban J connectivity index is 2.76. The van der Waals surface area contributed by atoms with Crippen LogP contribution in [0.25, 0.3) is 0 Å². The highest BCUT2D eigenvalue weighted by Crippen LogP contribution is 2.16. The third kappa shape index (κ3) is 4.72. The molecule has 1 heterocycles. The molecule has 0 saturated carbocycles. The smallest absolute Gasteiger partial charge is 0.335 e. The second-order valence-electron chi connectivity index (χ2n) is 4.15. The van der Waals surface area contributed by atoms with Gasteiger partial charge in [-0.15, -0.1) is 0 Å². The molecule has 0 amide bonds. The molecule has 100 valence electrons. The molecule has 1 atom stereocenters. The number of thioether (sulfide) groups is 1. The van der Waals surface area contributed by atoms with E-state index in [0.717, 1.165) is 0 Å². The Morgan fingerprint density at radius 3 is 2.83 bits per heavy atom. The molecule has 5 nitrogen and oxygen atoms in total. The first-order valence-corrected chi connectivity index (χ1v) is 6.97. The van der Waals surface area contributed by atoms with Gasteiger partial charge in [-0.3, -0.25) is 0 Å². The predicted molar refractivity (Wildman–Crippen MR) is 73.7 cm³/mol. The Labute approximate surface area is 115 Å². The van der Waals surface area contributed by atoms with Crippen molar-refractivity contribution in [3.05, 3.63) is 22.8 Å². The Hall–Kier alpha value is -0.980. The lowest BCUT2D eigenvalue weighted by molar-refractivity contribution is 0.0696. The van der Waals surface area contributed by atoms with Crippen LogP contribution in [0, 0.1) is 0 Å². The van der Waals surface area contributed by atoms with Crippen molar-refractivity contribution in [3.63, 3.8) is 0 Å². The zero-order valence-electron chi connectivity index (χ0n) is 10.1. The molecule has 1 unspecified atom stereocenters. The average Bonchev–Trinajstić information content (AvgIpc) is 2.26. The van der Waals surface area contributed by atoms with Crippen LogP contribution in [-0.4, -0.2) is 45.3 Å².